The molecule has 6 heteroatoms. The summed E-state index contributed by atoms with van der Waals surface area (Å²) in [5.74, 6) is -1.23. The SMILES string of the molecule is O=C(Cc1ccccc1C(=O)O)NCc1cncs1. The largest absolute Gasteiger partial charge is 0.478 e. The molecule has 1 amide bonds. The average Bonchev–Trinajstić information content (AvgIpc) is 2.90. The third-order valence-electron chi connectivity index (χ3n) is 2.54. The van der Waals surface area contributed by atoms with E-state index in [-0.39, 0.29) is 17.9 Å². The summed E-state index contributed by atoms with van der Waals surface area (Å²) >= 11 is 1.46. The summed E-state index contributed by atoms with van der Waals surface area (Å²) < 4.78 is 0. The Labute approximate surface area is 113 Å². The van der Waals surface area contributed by atoms with Gasteiger partial charge < -0.3 is 10.4 Å². The number of nitrogens with one attached hydrogen (secondary N) is 1. The second-order valence-electron chi connectivity index (χ2n) is 3.88. The number of aromatic carboxylic acids is 1. The van der Waals surface area contributed by atoms with Crippen molar-refractivity contribution >= 4 is 23.2 Å². The lowest BCUT2D eigenvalue weighted by molar-refractivity contribution is -0.120. The zero-order valence-corrected chi connectivity index (χ0v) is 10.8. The number of amides is 1. The minimum atomic E-state index is -1.02. The van der Waals surface area contributed by atoms with E-state index < -0.39 is 5.97 Å². The van der Waals surface area contributed by atoms with Gasteiger partial charge in [0.25, 0.3) is 0 Å². The maximum absolute atomic E-state index is 11.8. The lowest BCUT2D eigenvalue weighted by atomic mass is 10.0. The molecule has 0 atom stereocenters. The molecule has 0 aliphatic heterocycles. The number of hydrogen-bond acceptors (Lipinski definition) is 4. The van der Waals surface area contributed by atoms with Crippen molar-refractivity contribution in [1.82, 2.24) is 10.3 Å². The summed E-state index contributed by atoms with van der Waals surface area (Å²) in [5, 5.41) is 11.8. The smallest absolute Gasteiger partial charge is 0.335 e. The van der Waals surface area contributed by atoms with E-state index in [2.05, 4.69) is 10.3 Å². The number of nitrogens with zero attached hydrogens (tertiary/aromatic N) is 1. The summed E-state index contributed by atoms with van der Waals surface area (Å²) in [6.07, 6.45) is 1.75. The third kappa shape index (κ3) is 3.62. The van der Waals surface area contributed by atoms with E-state index in [1.165, 1.54) is 17.4 Å². The number of carboxylic acid groups (broad SMARTS) is 1. The molecule has 2 N–H and O–H groups in total. The van der Waals surface area contributed by atoms with Gasteiger partial charge in [-0.1, -0.05) is 18.2 Å². The van der Waals surface area contributed by atoms with Crippen LogP contribution >= 0.6 is 11.3 Å². The van der Waals surface area contributed by atoms with Gasteiger partial charge in [-0.25, -0.2) is 4.79 Å². The molecule has 0 saturated carbocycles. The standard InChI is InChI=1S/C13H12N2O3S/c16-12(15-7-10-6-14-8-19-10)5-9-3-1-2-4-11(9)13(17)18/h1-4,6,8H,5,7H2,(H,15,16)(H,17,18). The molecule has 19 heavy (non-hydrogen) atoms. The first-order valence-corrected chi connectivity index (χ1v) is 6.50. The van der Waals surface area contributed by atoms with Gasteiger partial charge in [-0.05, 0) is 11.6 Å². The van der Waals surface area contributed by atoms with Crippen LogP contribution < -0.4 is 5.32 Å². The summed E-state index contributed by atoms with van der Waals surface area (Å²) in [6.45, 7) is 0.415. The molecule has 0 radical (unpaired) electrons. The Morgan fingerprint density at radius 1 is 1.32 bits per heavy atom. The topological polar surface area (TPSA) is 79.3 Å². The number of hydrogen-bond donors (Lipinski definition) is 2. The van der Waals surface area contributed by atoms with Crippen LogP contribution in [0.2, 0.25) is 0 Å². The minimum Gasteiger partial charge on any atom is -0.478 e. The number of carboxylic acids is 1. The van der Waals surface area contributed by atoms with Crippen LogP contribution in [0.15, 0.2) is 36.0 Å². The quantitative estimate of drug-likeness (QED) is 0.871. The van der Waals surface area contributed by atoms with E-state index in [4.69, 9.17) is 5.11 Å². The second-order valence-corrected chi connectivity index (χ2v) is 4.85. The Balaban J connectivity index is 1.97. The van der Waals surface area contributed by atoms with Gasteiger partial charge in [0.2, 0.25) is 5.91 Å². The highest BCUT2D eigenvalue weighted by atomic mass is 32.1. The molecule has 0 fully saturated rings. The molecule has 0 aliphatic carbocycles. The van der Waals surface area contributed by atoms with Gasteiger partial charge in [0.05, 0.1) is 24.0 Å². The fourth-order valence-electron chi connectivity index (χ4n) is 1.63. The predicted octanol–water partition coefficient (Wildman–Crippen LogP) is 1.70. The average molecular weight is 276 g/mol. The lowest BCUT2D eigenvalue weighted by Crippen LogP contribution is -2.25. The van der Waals surface area contributed by atoms with Crippen molar-refractivity contribution in [3.63, 3.8) is 0 Å². The zero-order valence-electron chi connectivity index (χ0n) is 10.00. The zero-order chi connectivity index (χ0) is 13.7. The molecule has 0 unspecified atom stereocenters. The van der Waals surface area contributed by atoms with Crippen molar-refractivity contribution in [2.75, 3.05) is 0 Å². The number of rotatable bonds is 5. The van der Waals surface area contributed by atoms with Gasteiger partial charge in [0, 0.05) is 11.1 Å². The van der Waals surface area contributed by atoms with Gasteiger partial charge in [-0.15, -0.1) is 11.3 Å². The lowest BCUT2D eigenvalue weighted by Gasteiger charge is -2.06. The van der Waals surface area contributed by atoms with Gasteiger partial charge in [0.15, 0.2) is 0 Å². The molecule has 2 aromatic rings. The van der Waals surface area contributed by atoms with Crippen LogP contribution in [0.4, 0.5) is 0 Å². The number of carbonyl (C=O) groups excluding carboxylic acids is 1. The van der Waals surface area contributed by atoms with Gasteiger partial charge in [-0.2, -0.15) is 0 Å². The van der Waals surface area contributed by atoms with E-state index in [0.717, 1.165) is 4.88 Å². The summed E-state index contributed by atoms with van der Waals surface area (Å²) in [4.78, 5) is 27.6. The molecule has 98 valence electrons. The van der Waals surface area contributed by atoms with E-state index >= 15 is 0 Å². The normalized spacial score (nSPS) is 10.1. The van der Waals surface area contributed by atoms with Crippen LogP contribution in [-0.4, -0.2) is 22.0 Å². The molecule has 1 aromatic heterocycles. The molecule has 0 aliphatic rings. The number of benzene rings is 1. The van der Waals surface area contributed by atoms with Crippen LogP contribution in [-0.2, 0) is 17.8 Å². The van der Waals surface area contributed by atoms with Crippen molar-refractivity contribution < 1.29 is 14.7 Å². The van der Waals surface area contributed by atoms with Gasteiger partial charge >= 0.3 is 5.97 Å². The Bertz CT molecular complexity index is 581. The van der Waals surface area contributed by atoms with Crippen molar-refractivity contribution in [2.24, 2.45) is 0 Å². The molecular formula is C13H12N2O3S. The van der Waals surface area contributed by atoms with Crippen molar-refractivity contribution in [3.8, 4) is 0 Å². The van der Waals surface area contributed by atoms with E-state index in [1.807, 2.05) is 0 Å². The van der Waals surface area contributed by atoms with Crippen molar-refractivity contribution in [2.45, 2.75) is 13.0 Å². The molecule has 0 bridgehead atoms. The van der Waals surface area contributed by atoms with E-state index in [9.17, 15) is 9.59 Å². The second kappa shape index (κ2) is 6.10. The van der Waals surface area contributed by atoms with Gasteiger partial charge in [0.1, 0.15) is 0 Å². The Kier molecular flexibility index (Phi) is 4.25. The Morgan fingerprint density at radius 2 is 2.11 bits per heavy atom. The molecular weight excluding hydrogens is 264 g/mol. The Morgan fingerprint density at radius 3 is 2.79 bits per heavy atom. The van der Waals surface area contributed by atoms with Crippen LogP contribution in [0.1, 0.15) is 20.8 Å². The molecule has 0 saturated heterocycles. The maximum Gasteiger partial charge on any atom is 0.335 e. The van der Waals surface area contributed by atoms with Crippen LogP contribution in [0, 0.1) is 0 Å². The van der Waals surface area contributed by atoms with Crippen LogP contribution in [0.3, 0.4) is 0 Å². The van der Waals surface area contributed by atoms with Crippen molar-refractivity contribution in [1.29, 1.82) is 0 Å². The summed E-state index contributed by atoms with van der Waals surface area (Å²) in [7, 11) is 0. The fourth-order valence-corrected chi connectivity index (χ4v) is 2.17. The first-order chi connectivity index (χ1) is 9.16. The molecule has 1 aromatic carbocycles. The maximum atomic E-state index is 11.8. The number of aromatic nitrogens is 1. The van der Waals surface area contributed by atoms with Crippen LogP contribution in [0.5, 0.6) is 0 Å². The van der Waals surface area contributed by atoms with E-state index in [0.29, 0.717) is 12.1 Å². The minimum absolute atomic E-state index is 0.0568. The first-order valence-electron chi connectivity index (χ1n) is 5.62. The highest BCUT2D eigenvalue weighted by Crippen LogP contribution is 2.10. The molecule has 0 spiro atoms. The first kappa shape index (κ1) is 13.2. The summed E-state index contributed by atoms with van der Waals surface area (Å²) in [5.41, 5.74) is 2.37. The van der Waals surface area contributed by atoms with Crippen molar-refractivity contribution in [3.05, 3.63) is 52.0 Å². The molecule has 1 heterocycles. The number of thiazole rings is 1. The molecule has 5 nitrogen and oxygen atoms in total. The highest BCUT2D eigenvalue weighted by molar-refractivity contribution is 7.09. The van der Waals surface area contributed by atoms with Gasteiger partial charge in [-0.3, -0.25) is 9.78 Å². The van der Waals surface area contributed by atoms with Crippen LogP contribution in [0.25, 0.3) is 0 Å². The Hall–Kier alpha value is -2.21. The monoisotopic (exact) mass is 276 g/mol. The highest BCUT2D eigenvalue weighted by Gasteiger charge is 2.12. The number of carbonyl (C=O) groups is 2. The summed E-state index contributed by atoms with van der Waals surface area (Å²) in [6, 6.07) is 6.50. The fraction of sp³-hybridized carbons (Fsp3) is 0.154. The van der Waals surface area contributed by atoms with E-state index in [1.54, 1.807) is 29.9 Å². The molecule has 2 rings (SSSR count). The predicted molar refractivity (Wildman–Crippen MR) is 71.1 cm³/mol. The third-order valence-corrected chi connectivity index (χ3v) is 3.32.